The van der Waals surface area contributed by atoms with Gasteiger partial charge in [0.2, 0.25) is 11.8 Å². The molecule has 1 aromatic rings. The summed E-state index contributed by atoms with van der Waals surface area (Å²) in [6.45, 7) is 1.47. The Morgan fingerprint density at radius 1 is 1.28 bits per heavy atom. The number of hydrogen-bond donors (Lipinski definition) is 2. The van der Waals surface area contributed by atoms with Crippen molar-refractivity contribution in [3.05, 3.63) is 41.6 Å². The van der Waals surface area contributed by atoms with Crippen molar-refractivity contribution in [3.63, 3.8) is 0 Å². The number of benzene rings is 1. The molecule has 0 saturated heterocycles. The fourth-order valence-corrected chi connectivity index (χ4v) is 3.67. The first kappa shape index (κ1) is 17.2. The minimum Gasteiger partial charge on any atom is -0.481 e. The summed E-state index contributed by atoms with van der Waals surface area (Å²) in [7, 11) is 0. The van der Waals surface area contributed by atoms with Gasteiger partial charge in [-0.05, 0) is 36.5 Å². The molecule has 0 aromatic heterocycles. The van der Waals surface area contributed by atoms with Crippen molar-refractivity contribution in [2.24, 2.45) is 0 Å². The fraction of sp³-hybridized carbons (Fsp3) is 0.421. The number of amides is 2. The molecule has 2 aliphatic rings. The quantitative estimate of drug-likeness (QED) is 0.860. The van der Waals surface area contributed by atoms with E-state index in [1.807, 2.05) is 30.3 Å². The minimum absolute atomic E-state index is 0.0592. The van der Waals surface area contributed by atoms with Gasteiger partial charge in [0.1, 0.15) is 0 Å². The van der Waals surface area contributed by atoms with Crippen LogP contribution in [0.15, 0.2) is 30.5 Å². The highest BCUT2D eigenvalue weighted by molar-refractivity contribution is 5.83. The van der Waals surface area contributed by atoms with Gasteiger partial charge in [0, 0.05) is 13.1 Å². The highest BCUT2D eigenvalue weighted by atomic mass is 16.4. The summed E-state index contributed by atoms with van der Waals surface area (Å²) in [4.78, 5) is 37.2. The Morgan fingerprint density at radius 3 is 2.60 bits per heavy atom. The molecule has 3 rings (SSSR count). The molecule has 25 heavy (non-hydrogen) atoms. The van der Waals surface area contributed by atoms with Crippen LogP contribution in [-0.2, 0) is 14.4 Å². The van der Waals surface area contributed by atoms with Crippen molar-refractivity contribution in [1.29, 1.82) is 0 Å². The largest absolute Gasteiger partial charge is 0.481 e. The number of aliphatic carboxylic acids is 1. The van der Waals surface area contributed by atoms with Gasteiger partial charge in [-0.1, -0.05) is 24.3 Å². The lowest BCUT2D eigenvalue weighted by molar-refractivity contribution is -0.140. The highest BCUT2D eigenvalue weighted by Crippen LogP contribution is 2.37. The number of carboxylic acids is 1. The smallest absolute Gasteiger partial charge is 0.305 e. The van der Waals surface area contributed by atoms with Crippen molar-refractivity contribution >= 4 is 23.9 Å². The van der Waals surface area contributed by atoms with Crippen molar-refractivity contribution in [2.75, 3.05) is 0 Å². The van der Waals surface area contributed by atoms with E-state index in [4.69, 9.17) is 5.11 Å². The van der Waals surface area contributed by atoms with E-state index < -0.39 is 11.5 Å². The molecule has 6 nitrogen and oxygen atoms in total. The van der Waals surface area contributed by atoms with Crippen LogP contribution in [0.5, 0.6) is 0 Å². The SMILES string of the molecule is CC(=O)N1C=Cc2ccccc2C1CC(=O)NC1(CC(=O)O)CCC1. The number of carbonyl (C=O) groups excluding carboxylic acids is 2. The second kappa shape index (κ2) is 6.70. The summed E-state index contributed by atoms with van der Waals surface area (Å²) in [6, 6.07) is 7.30. The summed E-state index contributed by atoms with van der Waals surface area (Å²) < 4.78 is 0. The topological polar surface area (TPSA) is 86.7 Å². The number of fused-ring (bicyclic) bond motifs is 1. The standard InChI is InChI=1S/C19H22N2O4/c1-13(22)21-10-7-14-5-2-3-6-15(14)16(21)11-17(23)20-19(8-4-9-19)12-18(24)25/h2-3,5-7,10,16H,4,8-9,11-12H2,1H3,(H,20,23)(H,24,25). The van der Waals surface area contributed by atoms with Crippen LogP contribution in [0.2, 0.25) is 0 Å². The average molecular weight is 342 g/mol. The number of carbonyl (C=O) groups is 3. The summed E-state index contributed by atoms with van der Waals surface area (Å²) >= 11 is 0. The van der Waals surface area contributed by atoms with Crippen LogP contribution in [0.25, 0.3) is 6.08 Å². The van der Waals surface area contributed by atoms with E-state index in [9.17, 15) is 14.4 Å². The number of nitrogens with zero attached hydrogens (tertiary/aromatic N) is 1. The zero-order chi connectivity index (χ0) is 18.0. The molecule has 6 heteroatoms. The maximum Gasteiger partial charge on any atom is 0.305 e. The van der Waals surface area contributed by atoms with Gasteiger partial charge in [-0.15, -0.1) is 0 Å². The van der Waals surface area contributed by atoms with E-state index in [1.54, 1.807) is 11.1 Å². The molecule has 2 amide bonds. The predicted octanol–water partition coefficient (Wildman–Crippen LogP) is 2.46. The molecule has 1 aliphatic heterocycles. The Kier molecular flexibility index (Phi) is 4.61. The Bertz CT molecular complexity index is 737. The van der Waals surface area contributed by atoms with Crippen LogP contribution in [0, 0.1) is 0 Å². The van der Waals surface area contributed by atoms with E-state index in [-0.39, 0.29) is 30.7 Å². The lowest BCUT2D eigenvalue weighted by Crippen LogP contribution is -2.55. The molecule has 1 heterocycles. The van der Waals surface area contributed by atoms with E-state index in [1.165, 1.54) is 6.92 Å². The zero-order valence-electron chi connectivity index (χ0n) is 14.2. The van der Waals surface area contributed by atoms with Crippen molar-refractivity contribution in [3.8, 4) is 0 Å². The van der Waals surface area contributed by atoms with Crippen LogP contribution in [0.3, 0.4) is 0 Å². The van der Waals surface area contributed by atoms with Crippen molar-refractivity contribution in [2.45, 2.75) is 50.6 Å². The molecule has 0 bridgehead atoms. The predicted molar refractivity (Wildman–Crippen MR) is 92.3 cm³/mol. The van der Waals surface area contributed by atoms with Crippen molar-refractivity contribution < 1.29 is 19.5 Å². The fourth-order valence-electron chi connectivity index (χ4n) is 3.67. The van der Waals surface area contributed by atoms with E-state index in [2.05, 4.69) is 5.32 Å². The molecule has 132 valence electrons. The van der Waals surface area contributed by atoms with Gasteiger partial charge in [0.25, 0.3) is 0 Å². The number of carboxylic acid groups (broad SMARTS) is 1. The summed E-state index contributed by atoms with van der Waals surface area (Å²) in [6.07, 6.45) is 5.91. The third-order valence-electron chi connectivity index (χ3n) is 5.05. The van der Waals surface area contributed by atoms with Gasteiger partial charge >= 0.3 is 5.97 Å². The van der Waals surface area contributed by atoms with Crippen LogP contribution < -0.4 is 5.32 Å². The van der Waals surface area contributed by atoms with Crippen LogP contribution in [0.1, 0.15) is 56.2 Å². The first-order valence-corrected chi connectivity index (χ1v) is 8.49. The third-order valence-corrected chi connectivity index (χ3v) is 5.05. The monoisotopic (exact) mass is 342 g/mol. The van der Waals surface area contributed by atoms with E-state index >= 15 is 0 Å². The number of rotatable bonds is 5. The Labute approximate surface area is 146 Å². The summed E-state index contributed by atoms with van der Waals surface area (Å²) in [5.41, 5.74) is 1.28. The van der Waals surface area contributed by atoms with Gasteiger partial charge in [-0.25, -0.2) is 0 Å². The molecule has 1 atom stereocenters. The third kappa shape index (κ3) is 3.57. The molecule has 2 N–H and O–H groups in total. The molecule has 0 spiro atoms. The lowest BCUT2D eigenvalue weighted by Gasteiger charge is -2.42. The van der Waals surface area contributed by atoms with Gasteiger partial charge < -0.3 is 15.3 Å². The zero-order valence-corrected chi connectivity index (χ0v) is 14.2. The molecule has 1 saturated carbocycles. The number of nitrogens with one attached hydrogen (secondary N) is 1. The Hall–Kier alpha value is -2.63. The Morgan fingerprint density at radius 2 is 2.00 bits per heavy atom. The van der Waals surface area contributed by atoms with Crippen LogP contribution >= 0.6 is 0 Å². The average Bonchev–Trinajstić information content (AvgIpc) is 2.52. The van der Waals surface area contributed by atoms with Gasteiger partial charge in [-0.2, -0.15) is 0 Å². The first-order chi connectivity index (χ1) is 11.9. The Balaban J connectivity index is 1.77. The summed E-state index contributed by atoms with van der Waals surface area (Å²) in [5, 5.41) is 12.0. The molecule has 1 aromatic carbocycles. The molecule has 0 radical (unpaired) electrons. The van der Waals surface area contributed by atoms with Crippen molar-refractivity contribution in [1.82, 2.24) is 10.2 Å². The lowest BCUT2D eigenvalue weighted by atomic mass is 9.74. The molecular weight excluding hydrogens is 320 g/mol. The first-order valence-electron chi connectivity index (χ1n) is 8.49. The van der Waals surface area contributed by atoms with Gasteiger partial charge in [-0.3, -0.25) is 14.4 Å². The number of hydrogen-bond acceptors (Lipinski definition) is 3. The molecule has 1 fully saturated rings. The second-order valence-corrected chi connectivity index (χ2v) is 6.84. The van der Waals surface area contributed by atoms with Crippen LogP contribution in [-0.4, -0.2) is 33.3 Å². The van der Waals surface area contributed by atoms with Gasteiger partial charge in [0.05, 0.1) is 24.4 Å². The highest BCUT2D eigenvalue weighted by Gasteiger charge is 2.41. The molecule has 1 aliphatic carbocycles. The molecular formula is C19H22N2O4. The van der Waals surface area contributed by atoms with E-state index in [0.717, 1.165) is 17.5 Å². The summed E-state index contributed by atoms with van der Waals surface area (Å²) in [5.74, 6) is -1.26. The van der Waals surface area contributed by atoms with Crippen LogP contribution in [0.4, 0.5) is 0 Å². The second-order valence-electron chi connectivity index (χ2n) is 6.84. The van der Waals surface area contributed by atoms with E-state index in [0.29, 0.717) is 12.8 Å². The maximum absolute atomic E-state index is 12.6. The maximum atomic E-state index is 12.6. The molecule has 1 unspecified atom stereocenters. The minimum atomic E-state index is -0.906. The normalized spacial score (nSPS) is 20.4. The van der Waals surface area contributed by atoms with Gasteiger partial charge in [0.15, 0.2) is 0 Å².